The number of aryl methyl sites for hydroxylation is 1. The molecule has 0 fully saturated rings. The Hall–Kier alpha value is -1.03. The largest absolute Gasteiger partial charge is 0.348 e. The molecule has 0 spiro atoms. The quantitative estimate of drug-likeness (QED) is 0.926. The van der Waals surface area contributed by atoms with E-state index in [1.165, 1.54) is 16.6 Å². The Bertz CT molecular complexity index is 572. The van der Waals surface area contributed by atoms with Crippen LogP contribution in [0.25, 0.3) is 10.9 Å². The maximum Gasteiger partial charge on any atom is 0.0498 e. The number of hydrogen-bond donors (Lipinski definition) is 1. The van der Waals surface area contributed by atoms with Crippen molar-refractivity contribution in [3.05, 3.63) is 34.5 Å². The molecule has 0 radical (unpaired) electrons. The van der Waals surface area contributed by atoms with Gasteiger partial charge in [0.15, 0.2) is 0 Å². The summed E-state index contributed by atoms with van der Waals surface area (Å²) in [5.41, 5.74) is 9.64. The van der Waals surface area contributed by atoms with Gasteiger partial charge in [0.1, 0.15) is 0 Å². The molecule has 0 saturated carbocycles. The van der Waals surface area contributed by atoms with Crippen LogP contribution in [0.1, 0.15) is 17.3 Å². The Labute approximate surface area is 113 Å². The number of hydrogen-bond acceptors (Lipinski definition) is 2. The molecule has 1 atom stereocenters. The molecule has 1 unspecified atom stereocenters. The second-order valence-corrected chi connectivity index (χ2v) is 5.37. The number of likely N-dealkylation sites (N-methyl/N-ethyl adjacent to an activating group) is 1. The number of rotatable bonds is 3. The Kier molecular flexibility index (Phi) is 3.66. The van der Waals surface area contributed by atoms with E-state index < -0.39 is 0 Å². The van der Waals surface area contributed by atoms with Crippen molar-refractivity contribution in [1.82, 2.24) is 9.47 Å². The molecule has 0 bridgehead atoms. The second-order valence-electron chi connectivity index (χ2n) is 4.93. The lowest BCUT2D eigenvalue weighted by Crippen LogP contribution is -2.27. The van der Waals surface area contributed by atoms with Gasteiger partial charge in [-0.15, -0.1) is 0 Å². The van der Waals surface area contributed by atoms with E-state index in [0.717, 1.165) is 10.5 Å². The minimum Gasteiger partial charge on any atom is -0.348 e. The topological polar surface area (TPSA) is 34.2 Å². The van der Waals surface area contributed by atoms with Crippen molar-refractivity contribution < 1.29 is 0 Å². The Balaban J connectivity index is 2.74. The predicted molar refractivity (Wildman–Crippen MR) is 78.1 cm³/mol. The molecule has 0 amide bonds. The number of benzene rings is 1. The standard InChI is InChI=1S/C14H20ClN3/c1-9-14(13(8-16)17(2)3)11-6-5-10(15)7-12(11)18(9)4/h5-7,13H,8,16H2,1-4H3. The van der Waals surface area contributed by atoms with Crippen LogP contribution in [0.3, 0.4) is 0 Å². The third kappa shape index (κ3) is 2.03. The summed E-state index contributed by atoms with van der Waals surface area (Å²) in [4.78, 5) is 2.16. The molecule has 2 aromatic rings. The highest BCUT2D eigenvalue weighted by molar-refractivity contribution is 6.31. The number of aromatic nitrogens is 1. The third-order valence-electron chi connectivity index (χ3n) is 3.68. The smallest absolute Gasteiger partial charge is 0.0498 e. The third-order valence-corrected chi connectivity index (χ3v) is 3.92. The van der Waals surface area contributed by atoms with Crippen LogP contribution >= 0.6 is 11.6 Å². The van der Waals surface area contributed by atoms with Crippen LogP contribution in [0.2, 0.25) is 5.02 Å². The molecule has 3 nitrogen and oxygen atoms in total. The minimum absolute atomic E-state index is 0.231. The lowest BCUT2D eigenvalue weighted by atomic mass is 10.0. The van der Waals surface area contributed by atoms with E-state index in [4.69, 9.17) is 17.3 Å². The van der Waals surface area contributed by atoms with Gasteiger partial charge in [-0.05, 0) is 38.7 Å². The zero-order valence-electron chi connectivity index (χ0n) is 11.4. The van der Waals surface area contributed by atoms with E-state index >= 15 is 0 Å². The fraction of sp³-hybridized carbons (Fsp3) is 0.429. The van der Waals surface area contributed by atoms with E-state index in [2.05, 4.69) is 43.6 Å². The van der Waals surface area contributed by atoms with Crippen LogP contribution in [-0.2, 0) is 7.05 Å². The van der Waals surface area contributed by atoms with Crippen molar-refractivity contribution in [2.45, 2.75) is 13.0 Å². The van der Waals surface area contributed by atoms with Crippen LogP contribution in [0.5, 0.6) is 0 Å². The van der Waals surface area contributed by atoms with E-state index in [9.17, 15) is 0 Å². The molecule has 4 heteroatoms. The highest BCUT2D eigenvalue weighted by Crippen LogP contribution is 2.33. The molecule has 0 aliphatic heterocycles. The summed E-state index contributed by atoms with van der Waals surface area (Å²) in [5, 5.41) is 2.01. The summed E-state index contributed by atoms with van der Waals surface area (Å²) in [7, 11) is 6.19. The molecular weight excluding hydrogens is 246 g/mol. The lowest BCUT2D eigenvalue weighted by Gasteiger charge is -2.23. The highest BCUT2D eigenvalue weighted by atomic mass is 35.5. The van der Waals surface area contributed by atoms with Gasteiger partial charge < -0.3 is 15.2 Å². The number of nitrogens with two attached hydrogens (primary N) is 1. The van der Waals surface area contributed by atoms with Crippen molar-refractivity contribution >= 4 is 22.5 Å². The van der Waals surface area contributed by atoms with E-state index in [1.807, 2.05) is 12.1 Å². The van der Waals surface area contributed by atoms with Crippen molar-refractivity contribution in [3.8, 4) is 0 Å². The average Bonchev–Trinajstić information content (AvgIpc) is 2.55. The van der Waals surface area contributed by atoms with Crippen LogP contribution in [-0.4, -0.2) is 30.1 Å². The summed E-state index contributed by atoms with van der Waals surface area (Å²) in [5.74, 6) is 0. The van der Waals surface area contributed by atoms with Gasteiger partial charge in [0, 0.05) is 41.3 Å². The lowest BCUT2D eigenvalue weighted by molar-refractivity contribution is 0.306. The molecule has 0 aliphatic rings. The van der Waals surface area contributed by atoms with Gasteiger partial charge in [-0.1, -0.05) is 17.7 Å². The maximum atomic E-state index is 6.08. The van der Waals surface area contributed by atoms with Crippen molar-refractivity contribution in [2.75, 3.05) is 20.6 Å². The van der Waals surface area contributed by atoms with Gasteiger partial charge in [0.2, 0.25) is 0 Å². The first-order valence-electron chi connectivity index (χ1n) is 6.08. The molecule has 98 valence electrons. The summed E-state index contributed by atoms with van der Waals surface area (Å²) in [6.07, 6.45) is 0. The molecule has 0 aliphatic carbocycles. The number of fused-ring (bicyclic) bond motifs is 1. The Morgan fingerprint density at radius 3 is 2.61 bits per heavy atom. The Morgan fingerprint density at radius 2 is 2.06 bits per heavy atom. The van der Waals surface area contributed by atoms with Crippen LogP contribution in [0, 0.1) is 6.92 Å². The van der Waals surface area contributed by atoms with Crippen molar-refractivity contribution in [1.29, 1.82) is 0 Å². The molecule has 18 heavy (non-hydrogen) atoms. The summed E-state index contributed by atoms with van der Waals surface area (Å²) in [6, 6.07) is 6.27. The predicted octanol–water partition coefficient (Wildman–Crippen LogP) is 2.70. The fourth-order valence-corrected chi connectivity index (χ4v) is 2.74. The average molecular weight is 266 g/mol. The second kappa shape index (κ2) is 4.92. The SMILES string of the molecule is Cc1c(C(CN)N(C)C)c2ccc(Cl)cc2n1C. The minimum atomic E-state index is 0.231. The first kappa shape index (κ1) is 13.4. The van der Waals surface area contributed by atoms with Gasteiger partial charge in [0.25, 0.3) is 0 Å². The van der Waals surface area contributed by atoms with E-state index in [1.54, 1.807) is 0 Å². The molecule has 2 N–H and O–H groups in total. The Morgan fingerprint density at radius 1 is 1.39 bits per heavy atom. The van der Waals surface area contributed by atoms with E-state index in [0.29, 0.717) is 6.54 Å². The van der Waals surface area contributed by atoms with Gasteiger partial charge in [0.05, 0.1) is 0 Å². The fourth-order valence-electron chi connectivity index (χ4n) is 2.57. The van der Waals surface area contributed by atoms with Crippen LogP contribution in [0.15, 0.2) is 18.2 Å². The summed E-state index contributed by atoms with van der Waals surface area (Å²) < 4.78 is 2.18. The highest BCUT2D eigenvalue weighted by Gasteiger charge is 2.21. The molecule has 1 heterocycles. The van der Waals surface area contributed by atoms with E-state index in [-0.39, 0.29) is 6.04 Å². The molecule has 2 rings (SSSR count). The number of nitrogens with zero attached hydrogens (tertiary/aromatic N) is 2. The van der Waals surface area contributed by atoms with Gasteiger partial charge in [-0.3, -0.25) is 0 Å². The van der Waals surface area contributed by atoms with Gasteiger partial charge in [-0.2, -0.15) is 0 Å². The van der Waals surface area contributed by atoms with Crippen LogP contribution < -0.4 is 5.73 Å². The van der Waals surface area contributed by atoms with Crippen molar-refractivity contribution in [3.63, 3.8) is 0 Å². The maximum absolute atomic E-state index is 6.08. The molecule has 1 aromatic carbocycles. The van der Waals surface area contributed by atoms with Gasteiger partial charge in [-0.25, -0.2) is 0 Å². The zero-order valence-corrected chi connectivity index (χ0v) is 12.1. The monoisotopic (exact) mass is 265 g/mol. The number of halogens is 1. The van der Waals surface area contributed by atoms with Crippen molar-refractivity contribution in [2.24, 2.45) is 12.8 Å². The zero-order chi connectivity index (χ0) is 13.4. The summed E-state index contributed by atoms with van der Waals surface area (Å²) in [6.45, 7) is 2.74. The molecule has 0 saturated heterocycles. The first-order valence-corrected chi connectivity index (χ1v) is 6.46. The first-order chi connectivity index (χ1) is 8.47. The van der Waals surface area contributed by atoms with Gasteiger partial charge >= 0.3 is 0 Å². The molecular formula is C14H20ClN3. The van der Waals surface area contributed by atoms with Crippen LogP contribution in [0.4, 0.5) is 0 Å². The normalized spacial score (nSPS) is 13.5. The molecule has 1 aromatic heterocycles. The summed E-state index contributed by atoms with van der Waals surface area (Å²) >= 11 is 6.08.